The van der Waals surface area contributed by atoms with Crippen LogP contribution in [0.15, 0.2) is 18.5 Å². The predicted molar refractivity (Wildman–Crippen MR) is 71.1 cm³/mol. The molecule has 1 heterocycles. The van der Waals surface area contributed by atoms with E-state index in [4.69, 9.17) is 0 Å². The van der Waals surface area contributed by atoms with Crippen LogP contribution in [0.3, 0.4) is 0 Å². The number of pyridine rings is 1. The van der Waals surface area contributed by atoms with Crippen LogP contribution in [0, 0.1) is 6.92 Å². The highest BCUT2D eigenvalue weighted by Crippen LogP contribution is 2.17. The first kappa shape index (κ1) is 13.0. The van der Waals surface area contributed by atoms with Crippen LogP contribution in [0.4, 0.5) is 0 Å². The van der Waals surface area contributed by atoms with Gasteiger partial charge >= 0.3 is 0 Å². The smallest absolute Gasteiger partial charge is 0.234 e. The van der Waals surface area contributed by atoms with Crippen molar-refractivity contribution in [3.63, 3.8) is 0 Å². The van der Waals surface area contributed by atoms with E-state index in [-0.39, 0.29) is 5.91 Å². The molecule has 1 aliphatic carbocycles. The summed E-state index contributed by atoms with van der Waals surface area (Å²) >= 11 is 0. The van der Waals surface area contributed by atoms with Gasteiger partial charge < -0.3 is 10.6 Å². The lowest BCUT2D eigenvalue weighted by Crippen LogP contribution is -2.39. The standard InChI is InChI=1S/C14H21N3O/c1-11-8-15-7-6-12(11)9-16-10-14(18)17-13-4-2-3-5-13/h6-8,13,16H,2-5,9-10H2,1H3,(H,17,18). The van der Waals surface area contributed by atoms with Crippen molar-refractivity contribution in [3.8, 4) is 0 Å². The summed E-state index contributed by atoms with van der Waals surface area (Å²) in [5.41, 5.74) is 2.35. The van der Waals surface area contributed by atoms with Gasteiger partial charge in [0.05, 0.1) is 6.54 Å². The lowest BCUT2D eigenvalue weighted by molar-refractivity contribution is -0.120. The Balaban J connectivity index is 1.68. The van der Waals surface area contributed by atoms with Crippen molar-refractivity contribution in [2.24, 2.45) is 0 Å². The molecule has 18 heavy (non-hydrogen) atoms. The van der Waals surface area contributed by atoms with Gasteiger partial charge in [-0.15, -0.1) is 0 Å². The first-order valence-electron chi connectivity index (χ1n) is 6.65. The van der Waals surface area contributed by atoms with Crippen LogP contribution in [0.2, 0.25) is 0 Å². The fourth-order valence-electron chi connectivity index (χ4n) is 2.36. The molecule has 4 nitrogen and oxygen atoms in total. The Morgan fingerprint density at radius 2 is 2.22 bits per heavy atom. The van der Waals surface area contributed by atoms with E-state index in [2.05, 4.69) is 15.6 Å². The number of rotatable bonds is 5. The minimum Gasteiger partial charge on any atom is -0.352 e. The van der Waals surface area contributed by atoms with Gasteiger partial charge in [-0.1, -0.05) is 12.8 Å². The van der Waals surface area contributed by atoms with Gasteiger partial charge in [0.2, 0.25) is 5.91 Å². The number of carbonyl (C=O) groups excluding carboxylic acids is 1. The summed E-state index contributed by atoms with van der Waals surface area (Å²) < 4.78 is 0. The van der Waals surface area contributed by atoms with Gasteiger partial charge in [0.1, 0.15) is 0 Å². The predicted octanol–water partition coefficient (Wildman–Crippen LogP) is 1.54. The van der Waals surface area contributed by atoms with Crippen LogP contribution in [-0.2, 0) is 11.3 Å². The molecular formula is C14H21N3O. The third-order valence-corrected chi connectivity index (χ3v) is 3.46. The molecule has 1 aromatic rings. The summed E-state index contributed by atoms with van der Waals surface area (Å²) in [6.07, 6.45) is 8.38. The van der Waals surface area contributed by atoms with Gasteiger partial charge in [0.15, 0.2) is 0 Å². The number of amides is 1. The molecule has 0 aromatic carbocycles. The summed E-state index contributed by atoms with van der Waals surface area (Å²) in [4.78, 5) is 15.7. The molecule has 1 saturated carbocycles. The zero-order chi connectivity index (χ0) is 12.8. The van der Waals surface area contributed by atoms with Crippen LogP contribution in [0.25, 0.3) is 0 Å². The third kappa shape index (κ3) is 3.81. The average molecular weight is 247 g/mol. The second-order valence-corrected chi connectivity index (χ2v) is 4.95. The maximum Gasteiger partial charge on any atom is 0.234 e. The first-order chi connectivity index (χ1) is 8.75. The Labute approximate surface area is 108 Å². The van der Waals surface area contributed by atoms with Crippen LogP contribution in [0.5, 0.6) is 0 Å². The van der Waals surface area contributed by atoms with Crippen molar-refractivity contribution in [2.75, 3.05) is 6.54 Å². The first-order valence-corrected chi connectivity index (χ1v) is 6.65. The van der Waals surface area contributed by atoms with E-state index in [9.17, 15) is 4.79 Å². The van der Waals surface area contributed by atoms with E-state index in [1.54, 1.807) is 6.20 Å². The summed E-state index contributed by atoms with van der Waals surface area (Å²) in [5.74, 6) is 0.105. The van der Waals surface area contributed by atoms with Crippen LogP contribution in [-0.4, -0.2) is 23.5 Å². The van der Waals surface area contributed by atoms with Gasteiger partial charge in [0, 0.05) is 25.0 Å². The molecule has 1 aliphatic rings. The lowest BCUT2D eigenvalue weighted by atomic mass is 10.1. The number of aryl methyl sites for hydroxylation is 1. The van der Waals surface area contributed by atoms with Gasteiger partial charge in [-0.25, -0.2) is 0 Å². The highest BCUT2D eigenvalue weighted by molar-refractivity contribution is 5.78. The number of hydrogen-bond donors (Lipinski definition) is 2. The lowest BCUT2D eigenvalue weighted by Gasteiger charge is -2.12. The molecular weight excluding hydrogens is 226 g/mol. The molecule has 4 heteroatoms. The van der Waals surface area contributed by atoms with E-state index in [0.717, 1.165) is 18.4 Å². The van der Waals surface area contributed by atoms with Gasteiger partial charge in [0.25, 0.3) is 0 Å². The summed E-state index contributed by atoms with van der Waals surface area (Å²) in [7, 11) is 0. The van der Waals surface area contributed by atoms with E-state index in [0.29, 0.717) is 19.1 Å². The van der Waals surface area contributed by atoms with Crippen LogP contribution < -0.4 is 10.6 Å². The largest absolute Gasteiger partial charge is 0.352 e. The fourth-order valence-corrected chi connectivity index (χ4v) is 2.36. The topological polar surface area (TPSA) is 54.0 Å². The van der Waals surface area contributed by atoms with E-state index < -0.39 is 0 Å². The Kier molecular flexibility index (Phi) is 4.70. The van der Waals surface area contributed by atoms with Crippen molar-refractivity contribution in [2.45, 2.75) is 45.2 Å². The van der Waals surface area contributed by atoms with Crippen molar-refractivity contribution in [1.29, 1.82) is 0 Å². The molecule has 0 unspecified atom stereocenters. The normalized spacial score (nSPS) is 15.8. The Bertz CT molecular complexity index is 400. The number of nitrogens with one attached hydrogen (secondary N) is 2. The van der Waals surface area contributed by atoms with E-state index >= 15 is 0 Å². The Hall–Kier alpha value is -1.42. The molecule has 0 saturated heterocycles. The van der Waals surface area contributed by atoms with Crippen molar-refractivity contribution in [1.82, 2.24) is 15.6 Å². The highest BCUT2D eigenvalue weighted by atomic mass is 16.1. The zero-order valence-electron chi connectivity index (χ0n) is 10.9. The molecule has 1 aromatic heterocycles. The highest BCUT2D eigenvalue weighted by Gasteiger charge is 2.16. The molecule has 0 atom stereocenters. The quantitative estimate of drug-likeness (QED) is 0.830. The number of carbonyl (C=O) groups is 1. The summed E-state index contributed by atoms with van der Waals surface area (Å²) in [6.45, 7) is 3.13. The van der Waals surface area contributed by atoms with Gasteiger partial charge in [-0.3, -0.25) is 9.78 Å². The molecule has 0 bridgehead atoms. The van der Waals surface area contributed by atoms with Gasteiger partial charge in [-0.05, 0) is 37.0 Å². The van der Waals surface area contributed by atoms with Gasteiger partial charge in [-0.2, -0.15) is 0 Å². The summed E-state index contributed by atoms with van der Waals surface area (Å²) in [6, 6.07) is 2.39. The molecule has 2 rings (SSSR count). The second-order valence-electron chi connectivity index (χ2n) is 4.95. The average Bonchev–Trinajstić information content (AvgIpc) is 2.84. The maximum atomic E-state index is 11.7. The van der Waals surface area contributed by atoms with E-state index in [1.165, 1.54) is 18.4 Å². The zero-order valence-corrected chi connectivity index (χ0v) is 10.9. The Morgan fingerprint density at radius 3 is 2.94 bits per heavy atom. The Morgan fingerprint density at radius 1 is 1.44 bits per heavy atom. The van der Waals surface area contributed by atoms with Crippen molar-refractivity contribution in [3.05, 3.63) is 29.6 Å². The number of nitrogens with zero attached hydrogens (tertiary/aromatic N) is 1. The minimum atomic E-state index is 0.105. The second kappa shape index (κ2) is 6.50. The molecule has 0 aliphatic heterocycles. The number of hydrogen-bond acceptors (Lipinski definition) is 3. The molecule has 1 amide bonds. The summed E-state index contributed by atoms with van der Waals surface area (Å²) in [5, 5.41) is 6.24. The van der Waals surface area contributed by atoms with Crippen LogP contribution >= 0.6 is 0 Å². The number of aromatic nitrogens is 1. The SMILES string of the molecule is Cc1cnccc1CNCC(=O)NC1CCCC1. The monoisotopic (exact) mass is 247 g/mol. The van der Waals surface area contributed by atoms with E-state index in [1.807, 2.05) is 19.2 Å². The van der Waals surface area contributed by atoms with Crippen molar-refractivity contribution >= 4 is 5.91 Å². The van der Waals surface area contributed by atoms with Crippen LogP contribution in [0.1, 0.15) is 36.8 Å². The molecule has 2 N–H and O–H groups in total. The fraction of sp³-hybridized carbons (Fsp3) is 0.571. The third-order valence-electron chi connectivity index (χ3n) is 3.46. The molecule has 1 fully saturated rings. The maximum absolute atomic E-state index is 11.7. The molecule has 0 spiro atoms. The molecule has 98 valence electrons. The molecule has 0 radical (unpaired) electrons. The minimum absolute atomic E-state index is 0.105. The van der Waals surface area contributed by atoms with Crippen molar-refractivity contribution < 1.29 is 4.79 Å².